The normalized spacial score (nSPS) is 25.4. The van der Waals surface area contributed by atoms with Crippen molar-refractivity contribution in [1.29, 1.82) is 0 Å². The Morgan fingerprint density at radius 2 is 2.29 bits per heavy atom. The fourth-order valence-electron chi connectivity index (χ4n) is 3.08. The second-order valence-electron chi connectivity index (χ2n) is 5.85. The Kier molecular flexibility index (Phi) is 4.73. The molecule has 1 aliphatic carbocycles. The van der Waals surface area contributed by atoms with Crippen LogP contribution in [0.5, 0.6) is 11.5 Å². The highest BCUT2D eigenvalue weighted by atomic mass is 16.5. The lowest BCUT2D eigenvalue weighted by Gasteiger charge is -2.42. The van der Waals surface area contributed by atoms with Crippen molar-refractivity contribution in [1.82, 2.24) is 5.32 Å². The van der Waals surface area contributed by atoms with E-state index in [9.17, 15) is 9.90 Å². The van der Waals surface area contributed by atoms with Gasteiger partial charge in [-0.05, 0) is 37.0 Å². The van der Waals surface area contributed by atoms with Gasteiger partial charge in [0.05, 0.1) is 12.6 Å². The Morgan fingerprint density at radius 3 is 2.86 bits per heavy atom. The molecule has 116 valence electrons. The van der Waals surface area contributed by atoms with Crippen molar-refractivity contribution in [3.63, 3.8) is 0 Å². The number of nitrogens with two attached hydrogens (primary N) is 1. The van der Waals surface area contributed by atoms with Gasteiger partial charge in [0.15, 0.2) is 11.5 Å². The van der Waals surface area contributed by atoms with Crippen LogP contribution in [0, 0.1) is 5.92 Å². The van der Waals surface area contributed by atoms with Gasteiger partial charge in [0.1, 0.15) is 0 Å². The predicted molar refractivity (Wildman–Crippen MR) is 81.5 cm³/mol. The van der Waals surface area contributed by atoms with E-state index in [1.807, 2.05) is 0 Å². The maximum atomic E-state index is 12.5. The summed E-state index contributed by atoms with van der Waals surface area (Å²) in [5.41, 5.74) is 6.02. The molecule has 1 aromatic rings. The molecule has 1 fully saturated rings. The van der Waals surface area contributed by atoms with Gasteiger partial charge in [0.2, 0.25) is 0 Å². The zero-order chi connectivity index (χ0) is 15.5. The number of methoxy groups -OCH3 is 1. The fraction of sp³-hybridized carbons (Fsp3) is 0.562. The van der Waals surface area contributed by atoms with Crippen LogP contribution in [0.3, 0.4) is 0 Å². The van der Waals surface area contributed by atoms with Crippen LogP contribution >= 0.6 is 0 Å². The van der Waals surface area contributed by atoms with Gasteiger partial charge in [-0.15, -0.1) is 0 Å². The molecule has 1 saturated carbocycles. The van der Waals surface area contributed by atoms with Gasteiger partial charge in [-0.3, -0.25) is 4.79 Å². The number of hydrogen-bond donors (Lipinski definition) is 3. The van der Waals surface area contributed by atoms with E-state index in [1.54, 1.807) is 12.1 Å². The van der Waals surface area contributed by atoms with Crippen LogP contribution in [0.1, 0.15) is 43.0 Å². The lowest BCUT2D eigenvalue weighted by molar-refractivity contribution is 0.0812. The van der Waals surface area contributed by atoms with Crippen molar-refractivity contribution in [3.8, 4) is 11.5 Å². The molecule has 5 heteroatoms. The Morgan fingerprint density at radius 1 is 1.52 bits per heavy atom. The number of hydrogen-bond acceptors (Lipinski definition) is 4. The molecule has 1 amide bonds. The van der Waals surface area contributed by atoms with Crippen LogP contribution in [0.25, 0.3) is 0 Å². The number of aromatic hydroxyl groups is 1. The molecule has 5 nitrogen and oxygen atoms in total. The first kappa shape index (κ1) is 15.6. The van der Waals surface area contributed by atoms with Crippen LogP contribution in [-0.4, -0.2) is 30.2 Å². The first-order valence-electron chi connectivity index (χ1n) is 7.42. The topological polar surface area (TPSA) is 84.6 Å². The minimum atomic E-state index is -0.342. The first-order chi connectivity index (χ1) is 10.0. The monoisotopic (exact) mass is 292 g/mol. The summed E-state index contributed by atoms with van der Waals surface area (Å²) in [6.07, 6.45) is 4.24. The number of carbonyl (C=O) groups is 1. The van der Waals surface area contributed by atoms with Gasteiger partial charge in [-0.1, -0.05) is 19.8 Å². The van der Waals surface area contributed by atoms with Crippen LogP contribution < -0.4 is 15.8 Å². The number of phenolic OH excluding ortho intramolecular Hbond substituents is 1. The number of amides is 1. The number of phenols is 1. The molecule has 2 rings (SSSR count). The Balaban J connectivity index is 2.18. The van der Waals surface area contributed by atoms with Crippen molar-refractivity contribution in [2.45, 2.75) is 38.1 Å². The summed E-state index contributed by atoms with van der Waals surface area (Å²) in [6, 6.07) is 4.65. The van der Waals surface area contributed by atoms with Gasteiger partial charge in [-0.2, -0.15) is 0 Å². The van der Waals surface area contributed by atoms with E-state index in [1.165, 1.54) is 19.6 Å². The lowest BCUT2D eigenvalue weighted by atomic mass is 9.73. The van der Waals surface area contributed by atoms with Crippen molar-refractivity contribution >= 4 is 5.91 Å². The van der Waals surface area contributed by atoms with Crippen LogP contribution in [-0.2, 0) is 0 Å². The number of carbonyl (C=O) groups excluding carboxylic acids is 1. The molecule has 0 heterocycles. The molecule has 0 bridgehead atoms. The molecular weight excluding hydrogens is 268 g/mol. The largest absolute Gasteiger partial charge is 0.504 e. The summed E-state index contributed by atoms with van der Waals surface area (Å²) < 4.78 is 4.99. The number of rotatable bonds is 4. The molecule has 2 atom stereocenters. The molecule has 0 aromatic heterocycles. The number of ether oxygens (including phenoxy) is 1. The Bertz CT molecular complexity index is 518. The molecule has 0 saturated heterocycles. The van der Waals surface area contributed by atoms with E-state index in [4.69, 9.17) is 10.5 Å². The maximum Gasteiger partial charge on any atom is 0.251 e. The average molecular weight is 292 g/mol. The van der Waals surface area contributed by atoms with Gasteiger partial charge in [0, 0.05) is 12.1 Å². The smallest absolute Gasteiger partial charge is 0.251 e. The molecule has 4 N–H and O–H groups in total. The highest BCUT2D eigenvalue weighted by molar-refractivity contribution is 5.95. The second kappa shape index (κ2) is 6.35. The summed E-state index contributed by atoms with van der Waals surface area (Å²) >= 11 is 0. The van der Waals surface area contributed by atoms with Gasteiger partial charge >= 0.3 is 0 Å². The molecule has 0 spiro atoms. The number of benzene rings is 1. The third kappa shape index (κ3) is 3.13. The van der Waals surface area contributed by atoms with Gasteiger partial charge < -0.3 is 20.9 Å². The SMILES string of the molecule is COc1ccc(C(=O)NC2(CN)CCCCC2C)cc1O. The summed E-state index contributed by atoms with van der Waals surface area (Å²) in [7, 11) is 1.47. The second-order valence-corrected chi connectivity index (χ2v) is 5.85. The molecule has 1 aliphatic rings. The summed E-state index contributed by atoms with van der Waals surface area (Å²) in [6.45, 7) is 2.57. The van der Waals surface area contributed by atoms with Crippen LogP contribution in [0.2, 0.25) is 0 Å². The molecule has 0 aliphatic heterocycles. The maximum absolute atomic E-state index is 12.5. The van der Waals surface area contributed by atoms with E-state index in [0.29, 0.717) is 23.8 Å². The molecule has 21 heavy (non-hydrogen) atoms. The van der Waals surface area contributed by atoms with Gasteiger partial charge in [0.25, 0.3) is 5.91 Å². The van der Waals surface area contributed by atoms with Crippen molar-refractivity contribution in [2.24, 2.45) is 11.7 Å². The average Bonchev–Trinajstić information content (AvgIpc) is 2.49. The highest BCUT2D eigenvalue weighted by Gasteiger charge is 2.38. The van der Waals surface area contributed by atoms with E-state index >= 15 is 0 Å². The van der Waals surface area contributed by atoms with E-state index in [-0.39, 0.29) is 17.2 Å². The van der Waals surface area contributed by atoms with Crippen LogP contribution in [0.15, 0.2) is 18.2 Å². The molecule has 0 radical (unpaired) electrons. The molecule has 1 aromatic carbocycles. The van der Waals surface area contributed by atoms with E-state index in [2.05, 4.69) is 12.2 Å². The van der Waals surface area contributed by atoms with E-state index < -0.39 is 0 Å². The summed E-state index contributed by atoms with van der Waals surface area (Å²) in [5, 5.41) is 12.9. The lowest BCUT2D eigenvalue weighted by Crippen LogP contribution is -2.59. The van der Waals surface area contributed by atoms with Crippen molar-refractivity contribution in [2.75, 3.05) is 13.7 Å². The third-order valence-electron chi connectivity index (χ3n) is 4.62. The van der Waals surface area contributed by atoms with Crippen LogP contribution in [0.4, 0.5) is 0 Å². The minimum absolute atomic E-state index is 0.0383. The summed E-state index contributed by atoms with van der Waals surface area (Å²) in [4.78, 5) is 12.5. The van der Waals surface area contributed by atoms with E-state index in [0.717, 1.165) is 19.3 Å². The van der Waals surface area contributed by atoms with Crippen molar-refractivity contribution < 1.29 is 14.6 Å². The number of nitrogens with one attached hydrogen (secondary N) is 1. The summed E-state index contributed by atoms with van der Waals surface area (Å²) in [5.74, 6) is 0.467. The zero-order valence-electron chi connectivity index (χ0n) is 12.7. The zero-order valence-corrected chi connectivity index (χ0v) is 12.7. The molecular formula is C16H24N2O3. The quantitative estimate of drug-likeness (QED) is 0.793. The Hall–Kier alpha value is -1.75. The molecule has 2 unspecified atom stereocenters. The first-order valence-corrected chi connectivity index (χ1v) is 7.42. The highest BCUT2D eigenvalue weighted by Crippen LogP contribution is 2.33. The van der Waals surface area contributed by atoms with Crippen molar-refractivity contribution in [3.05, 3.63) is 23.8 Å². The predicted octanol–water partition coefficient (Wildman–Crippen LogP) is 2.04. The standard InChI is InChI=1S/C16H24N2O3/c1-11-5-3-4-8-16(11,10-17)18-15(20)12-6-7-14(21-2)13(19)9-12/h6-7,9,11,19H,3-5,8,10,17H2,1-2H3,(H,18,20). The van der Waals surface area contributed by atoms with Gasteiger partial charge in [-0.25, -0.2) is 0 Å². The Labute approximate surface area is 125 Å². The minimum Gasteiger partial charge on any atom is -0.504 e. The fourth-order valence-corrected chi connectivity index (χ4v) is 3.08. The third-order valence-corrected chi connectivity index (χ3v) is 4.62.